The fourth-order valence-corrected chi connectivity index (χ4v) is 2.18. The predicted molar refractivity (Wildman–Crippen MR) is 61.9 cm³/mol. The zero-order chi connectivity index (χ0) is 10.9. The van der Waals surface area contributed by atoms with Crippen molar-refractivity contribution in [3.8, 4) is 0 Å². The first kappa shape index (κ1) is 12.9. The Bertz CT molecular complexity index is 145. The van der Waals surface area contributed by atoms with Crippen LogP contribution in [0.4, 0.5) is 0 Å². The van der Waals surface area contributed by atoms with Crippen LogP contribution in [0.2, 0.25) is 0 Å². The van der Waals surface area contributed by atoms with E-state index in [1.54, 1.807) is 0 Å². The van der Waals surface area contributed by atoms with Gasteiger partial charge in [-0.1, -0.05) is 19.3 Å². The average molecular weight is 215 g/mol. The van der Waals surface area contributed by atoms with Crippen LogP contribution < -0.4 is 0 Å². The molecule has 0 spiro atoms. The van der Waals surface area contributed by atoms with E-state index in [9.17, 15) is 5.11 Å². The van der Waals surface area contributed by atoms with Gasteiger partial charge in [-0.25, -0.2) is 0 Å². The van der Waals surface area contributed by atoms with Crippen molar-refractivity contribution >= 4 is 0 Å². The van der Waals surface area contributed by atoms with Crippen LogP contribution in [0.1, 0.15) is 44.9 Å². The van der Waals surface area contributed by atoms with E-state index in [1.807, 2.05) is 0 Å². The Balaban J connectivity index is 2.07. The molecule has 2 N–H and O–H groups in total. The maximum absolute atomic E-state index is 9.22. The van der Waals surface area contributed by atoms with E-state index in [2.05, 4.69) is 4.90 Å². The van der Waals surface area contributed by atoms with Crippen LogP contribution in [-0.4, -0.2) is 47.5 Å². The number of hydrogen-bond acceptors (Lipinski definition) is 3. The van der Waals surface area contributed by atoms with Gasteiger partial charge in [0.05, 0.1) is 12.7 Å². The number of likely N-dealkylation sites (tertiary alicyclic amines) is 1. The fourth-order valence-electron chi connectivity index (χ4n) is 2.18. The highest BCUT2D eigenvalue weighted by Gasteiger charge is 2.08. The summed E-state index contributed by atoms with van der Waals surface area (Å²) in [6.07, 6.45) is 8.00. The van der Waals surface area contributed by atoms with Gasteiger partial charge in [-0.15, -0.1) is 0 Å². The summed E-state index contributed by atoms with van der Waals surface area (Å²) in [5.41, 5.74) is 0. The van der Waals surface area contributed by atoms with Gasteiger partial charge in [0.2, 0.25) is 0 Å². The van der Waals surface area contributed by atoms with Gasteiger partial charge in [-0.3, -0.25) is 0 Å². The number of aliphatic hydroxyl groups is 2. The molecule has 3 heteroatoms. The van der Waals surface area contributed by atoms with E-state index in [1.165, 1.54) is 45.2 Å². The van der Waals surface area contributed by atoms with Crippen molar-refractivity contribution in [1.29, 1.82) is 0 Å². The molecular formula is C12H25NO2. The molecule has 1 rings (SSSR count). The monoisotopic (exact) mass is 215 g/mol. The normalized spacial score (nSPS) is 22.0. The average Bonchev–Trinajstić information content (AvgIpc) is 2.20. The van der Waals surface area contributed by atoms with Crippen LogP contribution in [-0.2, 0) is 0 Å². The highest BCUT2D eigenvalue weighted by atomic mass is 16.3. The molecule has 0 radical (unpaired) electrons. The second kappa shape index (κ2) is 8.08. The van der Waals surface area contributed by atoms with Crippen molar-refractivity contribution in [3.05, 3.63) is 0 Å². The van der Waals surface area contributed by atoms with Gasteiger partial charge in [0.25, 0.3) is 0 Å². The van der Waals surface area contributed by atoms with Gasteiger partial charge >= 0.3 is 0 Å². The van der Waals surface area contributed by atoms with E-state index in [0.717, 1.165) is 19.4 Å². The first-order valence-electron chi connectivity index (χ1n) is 6.34. The molecule has 1 unspecified atom stereocenters. The van der Waals surface area contributed by atoms with Crippen molar-refractivity contribution < 1.29 is 10.2 Å². The van der Waals surface area contributed by atoms with Gasteiger partial charge in [0, 0.05) is 0 Å². The lowest BCUT2D eigenvalue weighted by Gasteiger charge is -2.24. The molecule has 0 amide bonds. The van der Waals surface area contributed by atoms with Crippen molar-refractivity contribution in [2.75, 3.05) is 26.2 Å². The molecule has 1 fully saturated rings. The van der Waals surface area contributed by atoms with Crippen molar-refractivity contribution in [3.63, 3.8) is 0 Å². The molecule has 0 aromatic rings. The van der Waals surface area contributed by atoms with Crippen molar-refractivity contribution in [1.82, 2.24) is 4.90 Å². The summed E-state index contributed by atoms with van der Waals surface area (Å²) in [7, 11) is 0. The molecule has 90 valence electrons. The molecule has 0 saturated carbocycles. The van der Waals surface area contributed by atoms with E-state index >= 15 is 0 Å². The minimum Gasteiger partial charge on any atom is -0.394 e. The Labute approximate surface area is 93.1 Å². The molecule has 0 aliphatic carbocycles. The highest BCUT2D eigenvalue weighted by molar-refractivity contribution is 4.63. The first-order chi connectivity index (χ1) is 7.33. The van der Waals surface area contributed by atoms with E-state index < -0.39 is 6.10 Å². The van der Waals surface area contributed by atoms with Crippen molar-refractivity contribution in [2.24, 2.45) is 0 Å². The van der Waals surface area contributed by atoms with Crippen LogP contribution >= 0.6 is 0 Å². The summed E-state index contributed by atoms with van der Waals surface area (Å²) in [5, 5.41) is 17.9. The molecular weight excluding hydrogens is 190 g/mol. The summed E-state index contributed by atoms with van der Waals surface area (Å²) in [5.74, 6) is 0. The second-order valence-corrected chi connectivity index (χ2v) is 4.59. The summed E-state index contributed by atoms with van der Waals surface area (Å²) < 4.78 is 0. The Hall–Kier alpha value is -0.120. The summed E-state index contributed by atoms with van der Waals surface area (Å²) in [4.78, 5) is 2.50. The largest absolute Gasteiger partial charge is 0.394 e. The van der Waals surface area contributed by atoms with Gasteiger partial charge < -0.3 is 15.1 Å². The van der Waals surface area contributed by atoms with Gasteiger partial charge in [0.1, 0.15) is 0 Å². The van der Waals surface area contributed by atoms with Crippen LogP contribution in [0.3, 0.4) is 0 Å². The van der Waals surface area contributed by atoms with Crippen LogP contribution in [0.25, 0.3) is 0 Å². The lowest BCUT2D eigenvalue weighted by molar-refractivity contribution is 0.0830. The maximum Gasteiger partial charge on any atom is 0.0771 e. The van der Waals surface area contributed by atoms with Crippen LogP contribution in [0.5, 0.6) is 0 Å². The second-order valence-electron chi connectivity index (χ2n) is 4.59. The maximum atomic E-state index is 9.22. The summed E-state index contributed by atoms with van der Waals surface area (Å²) >= 11 is 0. The van der Waals surface area contributed by atoms with Gasteiger partial charge in [0.15, 0.2) is 0 Å². The smallest absolute Gasteiger partial charge is 0.0771 e. The minimum atomic E-state index is -0.514. The molecule has 15 heavy (non-hydrogen) atoms. The third kappa shape index (κ3) is 6.13. The Kier molecular flexibility index (Phi) is 6.98. The molecule has 1 saturated heterocycles. The minimum absolute atomic E-state index is 0.0972. The number of aliphatic hydroxyl groups excluding tert-OH is 2. The first-order valence-corrected chi connectivity index (χ1v) is 6.34. The van der Waals surface area contributed by atoms with Gasteiger partial charge in [-0.2, -0.15) is 0 Å². The van der Waals surface area contributed by atoms with Crippen LogP contribution in [0.15, 0.2) is 0 Å². The molecule has 1 aliphatic rings. The topological polar surface area (TPSA) is 43.7 Å². The third-order valence-electron chi connectivity index (χ3n) is 3.17. The third-order valence-corrected chi connectivity index (χ3v) is 3.17. The molecule has 1 atom stereocenters. The Morgan fingerprint density at radius 2 is 1.60 bits per heavy atom. The quantitative estimate of drug-likeness (QED) is 0.728. The molecule has 0 aromatic carbocycles. The number of rotatable bonds is 5. The van der Waals surface area contributed by atoms with Crippen molar-refractivity contribution in [2.45, 2.75) is 51.0 Å². The Morgan fingerprint density at radius 1 is 1.00 bits per heavy atom. The number of hydrogen-bond donors (Lipinski definition) is 2. The molecule has 0 bridgehead atoms. The summed E-state index contributed by atoms with van der Waals surface area (Å²) in [6.45, 7) is 3.42. The summed E-state index contributed by atoms with van der Waals surface area (Å²) in [6, 6.07) is 0. The predicted octanol–water partition coefficient (Wildman–Crippen LogP) is 1.39. The van der Waals surface area contributed by atoms with E-state index in [4.69, 9.17) is 5.11 Å². The van der Waals surface area contributed by atoms with E-state index in [-0.39, 0.29) is 6.61 Å². The zero-order valence-corrected chi connectivity index (χ0v) is 9.70. The van der Waals surface area contributed by atoms with Gasteiger partial charge in [-0.05, 0) is 45.3 Å². The van der Waals surface area contributed by atoms with Crippen LogP contribution in [0, 0.1) is 0 Å². The SMILES string of the molecule is OCC(O)CCCN1CCCCCCC1. The highest BCUT2D eigenvalue weighted by Crippen LogP contribution is 2.11. The fraction of sp³-hybridized carbons (Fsp3) is 1.00. The number of nitrogens with zero attached hydrogens (tertiary/aromatic N) is 1. The molecule has 0 aromatic heterocycles. The lowest BCUT2D eigenvalue weighted by atomic mass is 10.1. The zero-order valence-electron chi connectivity index (χ0n) is 9.70. The Morgan fingerprint density at radius 3 is 2.20 bits per heavy atom. The lowest BCUT2D eigenvalue weighted by Crippen LogP contribution is -2.29. The molecule has 1 heterocycles. The standard InChI is InChI=1S/C12H25NO2/c14-11-12(15)7-6-10-13-8-4-2-1-3-5-9-13/h12,14-15H,1-11H2. The molecule has 3 nitrogen and oxygen atoms in total. The molecule has 1 aliphatic heterocycles. The van der Waals surface area contributed by atoms with E-state index in [0.29, 0.717) is 0 Å².